The van der Waals surface area contributed by atoms with Crippen LogP contribution in [0.4, 0.5) is 0 Å². The molecule has 0 aliphatic carbocycles. The lowest BCUT2D eigenvalue weighted by atomic mass is 10.1. The van der Waals surface area contributed by atoms with E-state index >= 15 is 0 Å². The van der Waals surface area contributed by atoms with Crippen molar-refractivity contribution >= 4 is 17.9 Å². The van der Waals surface area contributed by atoms with Crippen molar-refractivity contribution in [3.63, 3.8) is 0 Å². The molecule has 0 heterocycles. The molecule has 0 spiro atoms. The number of unbranched alkanes of at least 4 members (excludes halogenated alkanes) is 13. The molecule has 1 atom stereocenters. The van der Waals surface area contributed by atoms with Crippen LogP contribution < -0.4 is 0 Å². The third-order valence-corrected chi connectivity index (χ3v) is 9.96. The fraction of sp³-hybridized carbons (Fsp3) is 0.569. The smallest absolute Gasteiger partial charge is 0.306 e. The van der Waals surface area contributed by atoms with E-state index < -0.39 is 6.10 Å². The molecule has 64 heavy (non-hydrogen) atoms. The summed E-state index contributed by atoms with van der Waals surface area (Å²) in [5, 5.41) is 0. The summed E-state index contributed by atoms with van der Waals surface area (Å²) in [7, 11) is 0. The first-order valence-corrected chi connectivity index (χ1v) is 25.2. The molecule has 0 amide bonds. The van der Waals surface area contributed by atoms with Crippen molar-refractivity contribution in [1.29, 1.82) is 0 Å². The molecule has 0 aromatic rings. The summed E-state index contributed by atoms with van der Waals surface area (Å²) in [5.41, 5.74) is 0. The second-order valence-electron chi connectivity index (χ2n) is 16.0. The van der Waals surface area contributed by atoms with Crippen LogP contribution in [0.5, 0.6) is 0 Å². The van der Waals surface area contributed by atoms with Crippen LogP contribution in [-0.4, -0.2) is 37.2 Å². The maximum absolute atomic E-state index is 12.8. The van der Waals surface area contributed by atoms with Crippen molar-refractivity contribution in [2.24, 2.45) is 0 Å². The fourth-order valence-electron chi connectivity index (χ4n) is 6.22. The van der Waals surface area contributed by atoms with Gasteiger partial charge in [0.1, 0.15) is 13.2 Å². The average molecular weight is 883 g/mol. The van der Waals surface area contributed by atoms with Crippen LogP contribution in [0.25, 0.3) is 0 Å². The lowest BCUT2D eigenvalue weighted by Gasteiger charge is -2.18. The quantitative estimate of drug-likeness (QED) is 0.0200. The molecule has 0 aromatic carbocycles. The molecule has 0 saturated carbocycles. The lowest BCUT2D eigenvalue weighted by molar-refractivity contribution is -0.167. The van der Waals surface area contributed by atoms with E-state index in [0.717, 1.165) is 122 Å². The summed E-state index contributed by atoms with van der Waals surface area (Å²) in [6, 6.07) is 0. The van der Waals surface area contributed by atoms with Gasteiger partial charge in [-0.05, 0) is 116 Å². The molecular weight excluding hydrogens is 793 g/mol. The molecule has 0 fully saturated rings. The Balaban J connectivity index is 4.56. The zero-order chi connectivity index (χ0) is 46.5. The second-order valence-corrected chi connectivity index (χ2v) is 16.0. The summed E-state index contributed by atoms with van der Waals surface area (Å²) in [6.45, 7) is 6.26. The second kappa shape index (κ2) is 51.2. The van der Waals surface area contributed by atoms with Crippen LogP contribution in [0, 0.1) is 0 Å². The highest BCUT2D eigenvalue weighted by Gasteiger charge is 2.19. The largest absolute Gasteiger partial charge is 0.462 e. The SMILES string of the molecule is CC/C=C\C/C=C\C/C=C\C/C=C\CCCCCC(=O)OC(COC(=O)CCCC/C=C\C/C=C\C/C=C\CC)COC(=O)CCCCCCC\C=C/C=C\C=C/C=C\CCCCC. The zero-order valence-electron chi connectivity index (χ0n) is 40.7. The number of carbonyl (C=O) groups excluding carboxylic acids is 3. The molecule has 0 radical (unpaired) electrons. The zero-order valence-corrected chi connectivity index (χ0v) is 40.7. The van der Waals surface area contributed by atoms with Gasteiger partial charge in [0.05, 0.1) is 0 Å². The van der Waals surface area contributed by atoms with Gasteiger partial charge in [-0.25, -0.2) is 0 Å². The van der Waals surface area contributed by atoms with E-state index in [0.29, 0.717) is 25.7 Å². The molecule has 358 valence electrons. The van der Waals surface area contributed by atoms with Crippen molar-refractivity contribution in [3.05, 3.63) is 134 Å². The minimum absolute atomic E-state index is 0.121. The molecule has 0 aromatic heterocycles. The Bertz CT molecular complexity index is 1430. The number of ether oxygens (including phenoxy) is 3. The molecule has 0 aliphatic rings. The number of allylic oxidation sites excluding steroid dienone is 22. The first-order chi connectivity index (χ1) is 31.5. The average Bonchev–Trinajstić information content (AvgIpc) is 3.29. The third kappa shape index (κ3) is 48.6. The molecule has 0 aliphatic heterocycles. The van der Waals surface area contributed by atoms with E-state index in [-0.39, 0.29) is 37.5 Å². The predicted molar refractivity (Wildman–Crippen MR) is 274 cm³/mol. The van der Waals surface area contributed by atoms with Crippen LogP contribution >= 0.6 is 0 Å². The van der Waals surface area contributed by atoms with Gasteiger partial charge in [-0.2, -0.15) is 0 Å². The Hall–Kier alpha value is -4.45. The molecule has 0 bridgehead atoms. The van der Waals surface area contributed by atoms with Crippen molar-refractivity contribution in [2.75, 3.05) is 13.2 Å². The number of esters is 3. The molecule has 0 saturated heterocycles. The van der Waals surface area contributed by atoms with Gasteiger partial charge in [0.15, 0.2) is 6.10 Å². The van der Waals surface area contributed by atoms with Crippen LogP contribution in [0.15, 0.2) is 134 Å². The Morgan fingerprint density at radius 1 is 0.344 bits per heavy atom. The van der Waals surface area contributed by atoms with Crippen molar-refractivity contribution in [1.82, 2.24) is 0 Å². The predicted octanol–water partition coefficient (Wildman–Crippen LogP) is 16.7. The molecule has 0 rings (SSSR count). The maximum Gasteiger partial charge on any atom is 0.306 e. The fourth-order valence-corrected chi connectivity index (χ4v) is 6.22. The maximum atomic E-state index is 12.8. The third-order valence-electron chi connectivity index (χ3n) is 9.96. The van der Waals surface area contributed by atoms with Gasteiger partial charge in [-0.15, -0.1) is 0 Å². The molecule has 6 heteroatoms. The number of rotatable bonds is 43. The van der Waals surface area contributed by atoms with E-state index in [9.17, 15) is 14.4 Å². The van der Waals surface area contributed by atoms with Gasteiger partial charge in [-0.1, -0.05) is 193 Å². The standard InChI is InChI=1S/C58H90O6/c1-4-7-10-13-16-19-22-25-27-29-30-32-33-36-39-42-45-48-51-57(60)63-54-55(53-62-56(59)50-47-44-41-38-35-24-21-18-15-12-9-6-3)64-58(61)52-49-46-43-40-37-34-31-28-26-23-20-17-14-11-8-5-2/h8-9,11-12,16-22,25-30,32,34-35,37-38,55H,4-7,10,13-15,23-24,31,33,36,39-54H2,1-3H3/b11-8-,12-9-,19-16-,20-17-,21-18-,25-22-,28-26-,29-27-,32-30-,37-34-,38-35-. The van der Waals surface area contributed by atoms with E-state index in [1.807, 2.05) is 0 Å². The van der Waals surface area contributed by atoms with Crippen molar-refractivity contribution in [3.8, 4) is 0 Å². The van der Waals surface area contributed by atoms with Crippen LogP contribution in [-0.2, 0) is 28.6 Å². The normalized spacial score (nSPS) is 13.2. The first kappa shape index (κ1) is 59.5. The lowest BCUT2D eigenvalue weighted by Crippen LogP contribution is -2.30. The highest BCUT2D eigenvalue weighted by Crippen LogP contribution is 2.11. The van der Waals surface area contributed by atoms with Gasteiger partial charge in [0.25, 0.3) is 0 Å². The Kier molecular flexibility index (Phi) is 47.6. The van der Waals surface area contributed by atoms with E-state index in [4.69, 9.17) is 14.2 Å². The molecular formula is C58H90O6. The summed E-state index contributed by atoms with van der Waals surface area (Å²) in [5.74, 6) is -1.03. The van der Waals surface area contributed by atoms with Gasteiger partial charge < -0.3 is 14.2 Å². The van der Waals surface area contributed by atoms with Crippen LogP contribution in [0.2, 0.25) is 0 Å². The molecule has 6 nitrogen and oxygen atoms in total. The number of carbonyl (C=O) groups is 3. The monoisotopic (exact) mass is 883 g/mol. The van der Waals surface area contributed by atoms with Crippen molar-refractivity contribution < 1.29 is 28.6 Å². The van der Waals surface area contributed by atoms with Gasteiger partial charge >= 0.3 is 17.9 Å². The van der Waals surface area contributed by atoms with Crippen LogP contribution in [0.3, 0.4) is 0 Å². The van der Waals surface area contributed by atoms with Crippen molar-refractivity contribution in [2.45, 2.75) is 200 Å². The minimum atomic E-state index is -0.825. The highest BCUT2D eigenvalue weighted by atomic mass is 16.6. The summed E-state index contributed by atoms with van der Waals surface area (Å²) < 4.78 is 16.7. The number of hydrogen-bond acceptors (Lipinski definition) is 6. The summed E-state index contributed by atoms with van der Waals surface area (Å²) in [4.78, 5) is 37.9. The van der Waals surface area contributed by atoms with E-state index in [2.05, 4.69) is 154 Å². The van der Waals surface area contributed by atoms with Crippen LogP contribution in [0.1, 0.15) is 194 Å². The van der Waals surface area contributed by atoms with E-state index in [1.54, 1.807) is 0 Å². The van der Waals surface area contributed by atoms with Gasteiger partial charge in [-0.3, -0.25) is 14.4 Å². The Labute approximate surface area is 392 Å². The Morgan fingerprint density at radius 2 is 0.672 bits per heavy atom. The van der Waals surface area contributed by atoms with Gasteiger partial charge in [0, 0.05) is 19.3 Å². The number of hydrogen-bond donors (Lipinski definition) is 0. The van der Waals surface area contributed by atoms with E-state index in [1.165, 1.54) is 19.3 Å². The van der Waals surface area contributed by atoms with Gasteiger partial charge in [0.2, 0.25) is 0 Å². The molecule has 0 N–H and O–H groups in total. The topological polar surface area (TPSA) is 78.9 Å². The first-order valence-electron chi connectivity index (χ1n) is 25.2. The summed E-state index contributed by atoms with van der Waals surface area (Å²) in [6.07, 6.45) is 71.5. The minimum Gasteiger partial charge on any atom is -0.462 e. The molecule has 1 unspecified atom stereocenters. The summed E-state index contributed by atoms with van der Waals surface area (Å²) >= 11 is 0. The highest BCUT2D eigenvalue weighted by molar-refractivity contribution is 5.71. The Morgan fingerprint density at radius 3 is 1.14 bits per heavy atom.